The molecule has 0 fully saturated rings. The average molecular weight is 315 g/mol. The number of nitrogens with zero attached hydrogens (tertiary/aromatic N) is 4. The van der Waals surface area contributed by atoms with E-state index in [1.165, 1.54) is 12.4 Å². The molecule has 0 aromatic carbocycles. The van der Waals surface area contributed by atoms with Gasteiger partial charge in [0.05, 0.1) is 34.2 Å². The molecule has 0 spiro atoms. The number of rotatable bonds is 5. The van der Waals surface area contributed by atoms with E-state index in [0.717, 1.165) is 6.54 Å². The van der Waals surface area contributed by atoms with Crippen LogP contribution in [0, 0.1) is 0 Å². The van der Waals surface area contributed by atoms with Gasteiger partial charge in [-0.25, -0.2) is 0 Å². The molecular formula is C13H16Cl2N4O. The van der Waals surface area contributed by atoms with Crippen LogP contribution in [0.3, 0.4) is 0 Å². The topological polar surface area (TPSA) is 54.2 Å². The van der Waals surface area contributed by atoms with Crippen LogP contribution in [0.25, 0.3) is 0 Å². The molecule has 2 rings (SSSR count). The highest BCUT2D eigenvalue weighted by molar-refractivity contribution is 6.31. The second-order valence-electron chi connectivity index (χ2n) is 4.71. The van der Waals surface area contributed by atoms with Crippen molar-refractivity contribution in [1.29, 1.82) is 0 Å². The number of aliphatic hydroxyl groups excluding tert-OH is 1. The van der Waals surface area contributed by atoms with E-state index in [9.17, 15) is 5.11 Å². The van der Waals surface area contributed by atoms with Gasteiger partial charge in [0.25, 0.3) is 0 Å². The summed E-state index contributed by atoms with van der Waals surface area (Å²) in [6.45, 7) is 1.44. The predicted molar refractivity (Wildman–Crippen MR) is 79.1 cm³/mol. The van der Waals surface area contributed by atoms with Crippen LogP contribution in [0.5, 0.6) is 0 Å². The molecule has 2 aromatic heterocycles. The van der Waals surface area contributed by atoms with Crippen molar-refractivity contribution in [3.63, 3.8) is 0 Å². The van der Waals surface area contributed by atoms with Crippen molar-refractivity contribution in [1.82, 2.24) is 19.7 Å². The highest BCUT2D eigenvalue weighted by Gasteiger charge is 2.21. The maximum absolute atomic E-state index is 10.4. The molecule has 0 saturated heterocycles. The van der Waals surface area contributed by atoms with Crippen LogP contribution in [0.2, 0.25) is 10.0 Å². The lowest BCUT2D eigenvalue weighted by Gasteiger charge is -2.15. The molecule has 5 nitrogen and oxygen atoms in total. The van der Waals surface area contributed by atoms with Crippen molar-refractivity contribution in [2.75, 3.05) is 20.6 Å². The molecule has 7 heteroatoms. The summed E-state index contributed by atoms with van der Waals surface area (Å²) in [5.41, 5.74) is 1.03. The van der Waals surface area contributed by atoms with E-state index in [-0.39, 0.29) is 0 Å². The summed E-state index contributed by atoms with van der Waals surface area (Å²) >= 11 is 11.9. The van der Waals surface area contributed by atoms with Gasteiger partial charge in [0, 0.05) is 12.7 Å². The molecule has 0 aliphatic carbocycles. The van der Waals surface area contributed by atoms with Crippen molar-refractivity contribution >= 4 is 23.2 Å². The monoisotopic (exact) mass is 314 g/mol. The van der Waals surface area contributed by atoms with Gasteiger partial charge in [-0.1, -0.05) is 23.2 Å². The van der Waals surface area contributed by atoms with Gasteiger partial charge in [-0.2, -0.15) is 5.10 Å². The molecule has 0 radical (unpaired) electrons. The second kappa shape index (κ2) is 6.54. The van der Waals surface area contributed by atoms with E-state index < -0.39 is 6.10 Å². The largest absolute Gasteiger partial charge is 0.380 e. The average Bonchev–Trinajstić information content (AvgIpc) is 2.77. The van der Waals surface area contributed by atoms with Crippen LogP contribution in [0.15, 0.2) is 24.5 Å². The minimum absolute atomic E-state index is 0.424. The maximum Gasteiger partial charge on any atom is 0.139 e. The van der Waals surface area contributed by atoms with E-state index >= 15 is 0 Å². The van der Waals surface area contributed by atoms with Crippen molar-refractivity contribution in [2.45, 2.75) is 12.6 Å². The number of aliphatic hydroxyl groups is 1. The Morgan fingerprint density at radius 1 is 1.30 bits per heavy atom. The fraction of sp³-hybridized carbons (Fsp3) is 0.385. The molecule has 0 bridgehead atoms. The molecular weight excluding hydrogens is 299 g/mol. The van der Waals surface area contributed by atoms with Crippen LogP contribution in [-0.2, 0) is 6.54 Å². The number of pyridine rings is 1. The van der Waals surface area contributed by atoms with Crippen molar-refractivity contribution < 1.29 is 5.11 Å². The minimum Gasteiger partial charge on any atom is -0.380 e. The normalized spacial score (nSPS) is 12.9. The molecule has 2 heterocycles. The van der Waals surface area contributed by atoms with Crippen LogP contribution >= 0.6 is 23.2 Å². The van der Waals surface area contributed by atoms with Crippen molar-refractivity contribution in [2.24, 2.45) is 0 Å². The Kier molecular flexibility index (Phi) is 4.99. The van der Waals surface area contributed by atoms with Crippen LogP contribution in [0.1, 0.15) is 17.5 Å². The van der Waals surface area contributed by atoms with Gasteiger partial charge in [-0.3, -0.25) is 9.67 Å². The van der Waals surface area contributed by atoms with Crippen LogP contribution in [0.4, 0.5) is 0 Å². The number of hydrogen-bond donors (Lipinski definition) is 1. The molecule has 20 heavy (non-hydrogen) atoms. The van der Waals surface area contributed by atoms with Crippen LogP contribution < -0.4 is 0 Å². The molecule has 108 valence electrons. The first kappa shape index (κ1) is 15.3. The second-order valence-corrected chi connectivity index (χ2v) is 5.55. The summed E-state index contributed by atoms with van der Waals surface area (Å²) in [5.74, 6) is 0. The third-order valence-corrected chi connectivity index (χ3v) is 3.40. The Morgan fingerprint density at radius 3 is 2.65 bits per heavy atom. The molecule has 0 aliphatic rings. The summed E-state index contributed by atoms with van der Waals surface area (Å²) in [6, 6.07) is 3.36. The standard InChI is InChI=1S/C13H16Cl2N4O/c1-18(2)5-6-19-12(10(15)8-17-19)13(20)11-4-3-9(14)7-16-11/h3-4,7-8,13,20H,5-6H2,1-2H3. The minimum atomic E-state index is -0.926. The first-order valence-corrected chi connectivity index (χ1v) is 6.90. The van der Waals surface area contributed by atoms with Gasteiger partial charge in [-0.15, -0.1) is 0 Å². The molecule has 2 aromatic rings. The smallest absolute Gasteiger partial charge is 0.139 e. The summed E-state index contributed by atoms with van der Waals surface area (Å²) in [5, 5.41) is 15.6. The highest BCUT2D eigenvalue weighted by Crippen LogP contribution is 2.27. The third kappa shape index (κ3) is 3.49. The first-order valence-electron chi connectivity index (χ1n) is 6.14. The Labute approximate surface area is 127 Å². The van der Waals surface area contributed by atoms with Gasteiger partial charge in [0.1, 0.15) is 6.10 Å². The Bertz CT molecular complexity index is 568. The number of aromatic nitrogens is 3. The quantitative estimate of drug-likeness (QED) is 0.919. The maximum atomic E-state index is 10.4. The number of halogens is 2. The predicted octanol–water partition coefficient (Wildman–Crippen LogP) is 2.23. The SMILES string of the molecule is CN(C)CCn1ncc(Cl)c1C(O)c1ccc(Cl)cn1. The van der Waals surface area contributed by atoms with Gasteiger partial charge in [-0.05, 0) is 26.2 Å². The van der Waals surface area contributed by atoms with E-state index in [4.69, 9.17) is 23.2 Å². The van der Waals surface area contributed by atoms with Gasteiger partial charge >= 0.3 is 0 Å². The van der Waals surface area contributed by atoms with Crippen molar-refractivity contribution in [3.8, 4) is 0 Å². The van der Waals surface area contributed by atoms with E-state index in [1.54, 1.807) is 16.8 Å². The molecule has 1 N–H and O–H groups in total. The Hall–Kier alpha value is -1.14. The molecule has 1 atom stereocenters. The molecule has 0 saturated carbocycles. The lowest BCUT2D eigenvalue weighted by Crippen LogP contribution is -2.21. The van der Waals surface area contributed by atoms with Gasteiger partial charge in [0.2, 0.25) is 0 Å². The van der Waals surface area contributed by atoms with Gasteiger partial charge in [0.15, 0.2) is 0 Å². The van der Waals surface area contributed by atoms with Crippen molar-refractivity contribution in [3.05, 3.63) is 46.0 Å². The van der Waals surface area contributed by atoms with E-state index in [0.29, 0.717) is 28.0 Å². The highest BCUT2D eigenvalue weighted by atomic mass is 35.5. The fourth-order valence-corrected chi connectivity index (χ4v) is 2.16. The van der Waals surface area contributed by atoms with E-state index in [1.807, 2.05) is 19.0 Å². The Morgan fingerprint density at radius 2 is 2.05 bits per heavy atom. The summed E-state index contributed by atoms with van der Waals surface area (Å²) in [6.07, 6.45) is 2.10. The zero-order valence-electron chi connectivity index (χ0n) is 11.3. The van der Waals surface area contributed by atoms with Gasteiger partial charge < -0.3 is 10.0 Å². The number of likely N-dealkylation sites (N-methyl/N-ethyl adjacent to an activating group) is 1. The lowest BCUT2D eigenvalue weighted by atomic mass is 10.1. The molecule has 0 amide bonds. The fourth-order valence-electron chi connectivity index (χ4n) is 1.81. The zero-order chi connectivity index (χ0) is 14.7. The molecule has 1 unspecified atom stereocenters. The van der Waals surface area contributed by atoms with E-state index in [2.05, 4.69) is 10.1 Å². The first-order chi connectivity index (χ1) is 9.49. The Balaban J connectivity index is 2.26. The van der Waals surface area contributed by atoms with Crippen LogP contribution in [-0.4, -0.2) is 45.4 Å². The zero-order valence-corrected chi connectivity index (χ0v) is 12.8. The summed E-state index contributed by atoms with van der Waals surface area (Å²) in [7, 11) is 3.95. The molecule has 0 aliphatic heterocycles. The summed E-state index contributed by atoms with van der Waals surface area (Å²) < 4.78 is 1.70. The third-order valence-electron chi connectivity index (χ3n) is 2.88. The lowest BCUT2D eigenvalue weighted by molar-refractivity contribution is 0.201. The summed E-state index contributed by atoms with van der Waals surface area (Å²) in [4.78, 5) is 6.15. The number of hydrogen-bond acceptors (Lipinski definition) is 4.